The summed E-state index contributed by atoms with van der Waals surface area (Å²) in [5, 5.41) is 21.9. The zero-order chi connectivity index (χ0) is 56.8. The van der Waals surface area contributed by atoms with Crippen molar-refractivity contribution < 1.29 is 9.52 Å². The number of para-hydroxylation sites is 3. The maximum absolute atomic E-state index is 12.9. The number of benzene rings is 12. The van der Waals surface area contributed by atoms with Gasteiger partial charge < -0.3 is 19.3 Å². The van der Waals surface area contributed by atoms with E-state index in [-0.39, 0.29) is 16.6 Å². The van der Waals surface area contributed by atoms with Crippen molar-refractivity contribution in [2.24, 2.45) is 0 Å². The SMILES string of the molecule is CC(C)c1ccccc1-c1cccc(-c2cccc(N(c3ccc(C(C)(C)C)cc3)c3ccc4ccc5c(N(c6ccc(C(C)(C)C)cc6)c6cccc7c6oc6c(-c8ccccc8C(C)C)cccc67)ccc6ccc3c4c65)c2O)c1. The molecule has 0 fully saturated rings. The van der Waals surface area contributed by atoms with Crippen LogP contribution < -0.4 is 9.80 Å². The van der Waals surface area contributed by atoms with Crippen molar-refractivity contribution in [3.8, 4) is 39.1 Å². The third-order valence-corrected chi connectivity index (χ3v) is 17.0. The van der Waals surface area contributed by atoms with Crippen LogP contribution in [0.2, 0.25) is 0 Å². The molecular formula is C78H70N2O2. The standard InChI is InChI=1S/C78H70N2O2/c1-48(2)58-21-11-13-23-60(58)52-19-15-20-53(47-52)61-25-17-29-70(74(61)81)79(56-39-35-54(36-40-56)77(5,6)7)68-45-33-50-32-44-67-69(46-34-51-31-43-66(68)72(50)73(51)67)80(57-41-37-55(38-42-57)78(8,9)10)71-30-18-28-65-64-27-16-26-63(75(64)82-76(65)71)62-24-14-12-22-59(62)49(3)4/h11-49,81H,1-10H3. The highest BCUT2D eigenvalue weighted by atomic mass is 16.3. The monoisotopic (exact) mass is 1070 g/mol. The van der Waals surface area contributed by atoms with Gasteiger partial charge in [-0.3, -0.25) is 0 Å². The summed E-state index contributed by atoms with van der Waals surface area (Å²) in [6, 6.07) is 81.5. The summed E-state index contributed by atoms with van der Waals surface area (Å²) >= 11 is 0. The molecule has 13 aromatic rings. The van der Waals surface area contributed by atoms with Crippen molar-refractivity contribution >= 4 is 88.4 Å². The van der Waals surface area contributed by atoms with Crippen LogP contribution in [0.25, 0.3) is 87.6 Å². The number of hydrogen-bond donors (Lipinski definition) is 1. The Morgan fingerprint density at radius 3 is 1.34 bits per heavy atom. The lowest BCUT2D eigenvalue weighted by molar-refractivity contribution is 0.478. The zero-order valence-corrected chi connectivity index (χ0v) is 48.8. The second kappa shape index (κ2) is 20.1. The first-order valence-electron chi connectivity index (χ1n) is 29.1. The van der Waals surface area contributed by atoms with Gasteiger partial charge in [0.25, 0.3) is 0 Å². The summed E-state index contributed by atoms with van der Waals surface area (Å²) in [7, 11) is 0. The third-order valence-electron chi connectivity index (χ3n) is 17.0. The highest BCUT2D eigenvalue weighted by Crippen LogP contribution is 2.52. The lowest BCUT2D eigenvalue weighted by Crippen LogP contribution is -2.14. The minimum atomic E-state index is -0.0452. The van der Waals surface area contributed by atoms with Crippen LogP contribution >= 0.6 is 0 Å². The smallest absolute Gasteiger partial charge is 0.159 e. The predicted molar refractivity (Wildman–Crippen MR) is 350 cm³/mol. The number of nitrogens with zero attached hydrogens (tertiary/aromatic N) is 2. The van der Waals surface area contributed by atoms with Gasteiger partial charge in [-0.25, -0.2) is 0 Å². The molecule has 12 aromatic carbocycles. The molecule has 0 aliphatic heterocycles. The molecule has 0 aliphatic rings. The maximum Gasteiger partial charge on any atom is 0.159 e. The van der Waals surface area contributed by atoms with E-state index in [2.05, 4.69) is 297 Å². The highest BCUT2D eigenvalue weighted by molar-refractivity contribution is 6.28. The fourth-order valence-corrected chi connectivity index (χ4v) is 12.7. The molecule has 13 rings (SSSR count). The number of hydrogen-bond acceptors (Lipinski definition) is 4. The Balaban J connectivity index is 1.02. The Morgan fingerprint density at radius 1 is 0.354 bits per heavy atom. The summed E-state index contributed by atoms with van der Waals surface area (Å²) in [6.07, 6.45) is 0. The number of phenolic OH excluding ortho intramolecular Hbond substituents is 1. The summed E-state index contributed by atoms with van der Waals surface area (Å²) in [5.74, 6) is 0.924. The summed E-state index contributed by atoms with van der Waals surface area (Å²) in [5.41, 5.74) is 18.8. The molecule has 1 heterocycles. The molecule has 82 heavy (non-hydrogen) atoms. The number of phenols is 1. The van der Waals surface area contributed by atoms with Gasteiger partial charge in [-0.2, -0.15) is 0 Å². The van der Waals surface area contributed by atoms with E-state index in [1.807, 2.05) is 6.07 Å². The van der Waals surface area contributed by atoms with E-state index in [9.17, 15) is 5.11 Å². The number of rotatable bonds is 11. The molecule has 0 unspecified atom stereocenters. The number of anilines is 6. The largest absolute Gasteiger partial charge is 0.505 e. The summed E-state index contributed by atoms with van der Waals surface area (Å²) in [6.45, 7) is 22.6. The van der Waals surface area contributed by atoms with Crippen molar-refractivity contribution in [3.05, 3.63) is 247 Å². The van der Waals surface area contributed by atoms with E-state index in [1.165, 1.54) is 38.8 Å². The molecule has 4 heteroatoms. The van der Waals surface area contributed by atoms with Gasteiger partial charge >= 0.3 is 0 Å². The van der Waals surface area contributed by atoms with E-state index in [0.717, 1.165) is 99.6 Å². The lowest BCUT2D eigenvalue weighted by atomic mass is 9.87. The minimum Gasteiger partial charge on any atom is -0.505 e. The van der Waals surface area contributed by atoms with Crippen LogP contribution in [0.15, 0.2) is 229 Å². The second-order valence-corrected chi connectivity index (χ2v) is 25.0. The van der Waals surface area contributed by atoms with E-state index in [0.29, 0.717) is 17.5 Å². The molecule has 1 aromatic heterocycles. The Morgan fingerprint density at radius 2 is 0.780 bits per heavy atom. The van der Waals surface area contributed by atoms with E-state index >= 15 is 0 Å². The average molecular weight is 1070 g/mol. The average Bonchev–Trinajstić information content (AvgIpc) is 2.24. The first kappa shape index (κ1) is 52.3. The predicted octanol–water partition coefficient (Wildman–Crippen LogP) is 23.0. The molecule has 4 nitrogen and oxygen atoms in total. The fraction of sp³-hybridized carbons (Fsp3) is 0.179. The first-order chi connectivity index (χ1) is 39.5. The Labute approximate surface area is 482 Å². The van der Waals surface area contributed by atoms with Crippen molar-refractivity contribution in [1.82, 2.24) is 0 Å². The van der Waals surface area contributed by atoms with Crippen molar-refractivity contribution in [1.29, 1.82) is 0 Å². The van der Waals surface area contributed by atoms with Gasteiger partial charge in [-0.1, -0.05) is 239 Å². The lowest BCUT2D eigenvalue weighted by Gasteiger charge is -2.30. The molecule has 0 saturated heterocycles. The van der Waals surface area contributed by atoms with Crippen LogP contribution in [-0.2, 0) is 10.8 Å². The van der Waals surface area contributed by atoms with Gasteiger partial charge in [0.2, 0.25) is 0 Å². The molecule has 0 amide bonds. The molecule has 0 aliphatic carbocycles. The normalized spacial score (nSPS) is 12.3. The number of aromatic hydroxyl groups is 1. The molecular weight excluding hydrogens is 997 g/mol. The van der Waals surface area contributed by atoms with E-state index in [1.54, 1.807) is 0 Å². The fourth-order valence-electron chi connectivity index (χ4n) is 12.7. The molecule has 0 saturated carbocycles. The quantitative estimate of drug-likeness (QED) is 0.131. The van der Waals surface area contributed by atoms with Crippen LogP contribution in [-0.4, -0.2) is 5.11 Å². The minimum absolute atomic E-state index is 0.0265. The van der Waals surface area contributed by atoms with E-state index < -0.39 is 0 Å². The van der Waals surface area contributed by atoms with Gasteiger partial charge in [0, 0.05) is 44.0 Å². The topological polar surface area (TPSA) is 39.9 Å². The Bertz CT molecular complexity index is 4550. The molecule has 404 valence electrons. The van der Waals surface area contributed by atoms with Gasteiger partial charge in [0.15, 0.2) is 5.58 Å². The third kappa shape index (κ3) is 8.93. The molecule has 0 atom stereocenters. The van der Waals surface area contributed by atoms with Crippen LogP contribution in [0.4, 0.5) is 34.1 Å². The second-order valence-electron chi connectivity index (χ2n) is 25.0. The van der Waals surface area contributed by atoms with Crippen LogP contribution in [0.3, 0.4) is 0 Å². The van der Waals surface area contributed by atoms with Crippen molar-refractivity contribution in [3.63, 3.8) is 0 Å². The summed E-state index contributed by atoms with van der Waals surface area (Å²) < 4.78 is 7.30. The number of fused-ring (bicyclic) bond motifs is 3. The van der Waals surface area contributed by atoms with Gasteiger partial charge in [0.1, 0.15) is 11.3 Å². The Kier molecular flexibility index (Phi) is 12.8. The number of furan rings is 1. The summed E-state index contributed by atoms with van der Waals surface area (Å²) in [4.78, 5) is 4.67. The first-order valence-corrected chi connectivity index (χ1v) is 29.1. The highest BCUT2D eigenvalue weighted by Gasteiger charge is 2.28. The van der Waals surface area contributed by atoms with Gasteiger partial charge in [-0.05, 0) is 143 Å². The molecule has 1 N–H and O–H groups in total. The van der Waals surface area contributed by atoms with Crippen molar-refractivity contribution in [2.75, 3.05) is 9.80 Å². The zero-order valence-electron chi connectivity index (χ0n) is 48.8. The van der Waals surface area contributed by atoms with Gasteiger partial charge in [-0.15, -0.1) is 0 Å². The molecule has 0 bridgehead atoms. The maximum atomic E-state index is 12.9. The van der Waals surface area contributed by atoms with Gasteiger partial charge in [0.05, 0.1) is 22.7 Å². The van der Waals surface area contributed by atoms with Crippen LogP contribution in [0.1, 0.15) is 103 Å². The Hall–Kier alpha value is -9.12. The van der Waals surface area contributed by atoms with Crippen LogP contribution in [0.5, 0.6) is 5.75 Å². The van der Waals surface area contributed by atoms with Crippen molar-refractivity contribution in [2.45, 2.75) is 91.9 Å². The van der Waals surface area contributed by atoms with E-state index in [4.69, 9.17) is 4.42 Å². The molecule has 0 radical (unpaired) electrons. The molecule has 0 spiro atoms. The van der Waals surface area contributed by atoms with Crippen LogP contribution in [0, 0.1) is 0 Å².